The van der Waals surface area contributed by atoms with Gasteiger partial charge in [-0.15, -0.1) is 0 Å². The van der Waals surface area contributed by atoms with Crippen molar-refractivity contribution in [1.29, 1.82) is 0 Å². The molecule has 2 N–H and O–H groups in total. The molecule has 1 aliphatic carbocycles. The van der Waals surface area contributed by atoms with Gasteiger partial charge in [0.15, 0.2) is 5.78 Å². The first-order chi connectivity index (χ1) is 11.0. The lowest BCUT2D eigenvalue weighted by molar-refractivity contribution is -0.111. The van der Waals surface area contributed by atoms with Gasteiger partial charge in [-0.05, 0) is 27.1 Å². The molecule has 0 bridgehead atoms. The Morgan fingerprint density at radius 2 is 1.42 bits per heavy atom. The van der Waals surface area contributed by atoms with E-state index in [0.717, 1.165) is 16.0 Å². The van der Waals surface area contributed by atoms with Crippen LogP contribution in [0.5, 0.6) is 0 Å². The minimum absolute atomic E-state index is 0.0716. The summed E-state index contributed by atoms with van der Waals surface area (Å²) in [6, 6.07) is 9.40. The number of benzene rings is 1. The van der Waals surface area contributed by atoms with Crippen molar-refractivity contribution >= 4 is 21.9 Å². The first kappa shape index (κ1) is 19.1. The second-order valence-corrected chi connectivity index (χ2v) is 18.4. The van der Waals surface area contributed by atoms with Gasteiger partial charge >= 0.3 is 0 Å². The van der Waals surface area contributed by atoms with Gasteiger partial charge in [0.05, 0.1) is 22.8 Å². The van der Waals surface area contributed by atoms with Crippen molar-refractivity contribution in [3.63, 3.8) is 0 Å². The number of hydrogen-bond donors (Lipinski definition) is 2. The molecule has 3 nitrogen and oxygen atoms in total. The minimum Gasteiger partial charge on any atom is -0.392 e. The predicted octanol–water partition coefficient (Wildman–Crippen LogP) is 3.64. The molecule has 1 atom stereocenters. The second kappa shape index (κ2) is 6.56. The van der Waals surface area contributed by atoms with E-state index in [1.807, 2.05) is 30.3 Å². The van der Waals surface area contributed by atoms with Crippen molar-refractivity contribution in [3.8, 4) is 0 Å². The molecule has 0 fully saturated rings. The molecular weight excluding hydrogens is 332 g/mol. The Labute approximate surface area is 146 Å². The number of Topliss-reactive ketones (excluding diaryl/α,β-unsaturated/α-hetero) is 1. The predicted molar refractivity (Wildman–Crippen MR) is 104 cm³/mol. The number of hydrogen-bond acceptors (Lipinski definition) is 3. The van der Waals surface area contributed by atoms with Crippen LogP contribution in [0, 0.1) is 0 Å². The third-order valence-corrected chi connectivity index (χ3v) is 8.42. The first-order valence-corrected chi connectivity index (χ1v) is 15.4. The highest BCUT2D eigenvalue weighted by molar-refractivity contribution is 6.94. The monoisotopic (exact) mass is 360 g/mol. The average molecular weight is 361 g/mol. The summed E-state index contributed by atoms with van der Waals surface area (Å²) in [5.74, 6) is 0.0716. The highest BCUT2D eigenvalue weighted by atomic mass is 28.3. The molecule has 2 rings (SSSR count). The van der Waals surface area contributed by atoms with Gasteiger partial charge in [0.1, 0.15) is 6.10 Å². The van der Waals surface area contributed by atoms with Crippen molar-refractivity contribution in [3.05, 3.63) is 57.4 Å². The summed E-state index contributed by atoms with van der Waals surface area (Å²) in [6.45, 7) is 12.5. The SMILES string of the molecule is C[Si](C)(C)C1=C(CO)C(C(O)c2ccccc2)=C([Si](C)(C)C)C1=O. The highest BCUT2D eigenvalue weighted by Gasteiger charge is 2.44. The molecule has 24 heavy (non-hydrogen) atoms. The molecule has 0 aromatic heterocycles. The largest absolute Gasteiger partial charge is 0.392 e. The summed E-state index contributed by atoms with van der Waals surface area (Å²) in [5.41, 5.74) is 2.11. The van der Waals surface area contributed by atoms with Gasteiger partial charge in [-0.25, -0.2) is 0 Å². The van der Waals surface area contributed by atoms with Crippen LogP contribution in [-0.4, -0.2) is 38.8 Å². The summed E-state index contributed by atoms with van der Waals surface area (Å²) in [6.07, 6.45) is -0.868. The van der Waals surface area contributed by atoms with Gasteiger partial charge in [0, 0.05) is 0 Å². The summed E-state index contributed by atoms with van der Waals surface area (Å²) in [7, 11) is -3.93. The fourth-order valence-electron chi connectivity index (χ4n) is 3.48. The molecule has 130 valence electrons. The Morgan fingerprint density at radius 1 is 0.917 bits per heavy atom. The van der Waals surface area contributed by atoms with Crippen LogP contribution in [-0.2, 0) is 4.79 Å². The lowest BCUT2D eigenvalue weighted by Crippen LogP contribution is -2.35. The Hall–Kier alpha value is -1.28. The van der Waals surface area contributed by atoms with Crippen molar-refractivity contribution in [2.45, 2.75) is 45.4 Å². The second-order valence-electron chi connectivity index (χ2n) is 8.44. The number of carbonyl (C=O) groups is 1. The summed E-state index contributed by atoms with van der Waals surface area (Å²) < 4.78 is 0. The van der Waals surface area contributed by atoms with Crippen molar-refractivity contribution in [2.24, 2.45) is 0 Å². The van der Waals surface area contributed by atoms with Gasteiger partial charge in [0.2, 0.25) is 0 Å². The van der Waals surface area contributed by atoms with E-state index in [4.69, 9.17) is 0 Å². The van der Waals surface area contributed by atoms with E-state index in [-0.39, 0.29) is 12.4 Å². The van der Waals surface area contributed by atoms with Crippen molar-refractivity contribution in [1.82, 2.24) is 0 Å². The average Bonchev–Trinajstić information content (AvgIpc) is 2.79. The maximum Gasteiger partial charge on any atom is 0.177 e. The normalized spacial score (nSPS) is 17.8. The number of allylic oxidation sites excluding steroid dienone is 2. The molecular formula is C19H28O3Si2. The van der Waals surface area contributed by atoms with Gasteiger partial charge in [-0.1, -0.05) is 69.6 Å². The highest BCUT2D eigenvalue weighted by Crippen LogP contribution is 2.43. The number of ketones is 1. The van der Waals surface area contributed by atoms with E-state index < -0.39 is 22.3 Å². The standard InChI is InChI=1S/C19H28O3Si2/c1-23(2,3)18-14(12-20)15(19(17(18)22)24(4,5)6)16(21)13-10-8-7-9-11-13/h7-11,16,20-21H,12H2,1-6H3. The Balaban J connectivity index is 2.74. The Bertz CT molecular complexity index is 704. The van der Waals surface area contributed by atoms with Crippen molar-refractivity contribution < 1.29 is 15.0 Å². The maximum absolute atomic E-state index is 13.2. The summed E-state index contributed by atoms with van der Waals surface area (Å²) in [5, 5.41) is 22.7. The van der Waals surface area contributed by atoms with Gasteiger partial charge in [-0.2, -0.15) is 0 Å². The van der Waals surface area contributed by atoms with E-state index in [1.165, 1.54) is 0 Å². The van der Waals surface area contributed by atoms with E-state index in [0.29, 0.717) is 11.1 Å². The van der Waals surface area contributed by atoms with Crippen LogP contribution in [0.1, 0.15) is 11.7 Å². The number of carbonyl (C=O) groups excluding carboxylic acids is 1. The smallest absolute Gasteiger partial charge is 0.177 e. The zero-order valence-electron chi connectivity index (χ0n) is 15.5. The first-order valence-electron chi connectivity index (χ1n) is 8.37. The third kappa shape index (κ3) is 3.40. The molecule has 0 amide bonds. The molecule has 5 heteroatoms. The summed E-state index contributed by atoms with van der Waals surface area (Å²) >= 11 is 0. The van der Waals surface area contributed by atoms with Gasteiger partial charge in [-0.3, -0.25) is 4.79 Å². The number of rotatable bonds is 5. The zero-order valence-corrected chi connectivity index (χ0v) is 17.5. The number of aliphatic hydroxyl groups excluding tert-OH is 2. The maximum atomic E-state index is 13.2. The van der Waals surface area contributed by atoms with Gasteiger partial charge in [0.25, 0.3) is 0 Å². The zero-order chi connectivity index (χ0) is 18.3. The van der Waals surface area contributed by atoms with Crippen LogP contribution in [0.4, 0.5) is 0 Å². The molecule has 1 aliphatic rings. The molecule has 0 radical (unpaired) electrons. The molecule has 1 unspecified atom stereocenters. The quantitative estimate of drug-likeness (QED) is 0.788. The molecule has 0 aliphatic heterocycles. The molecule has 1 aromatic carbocycles. The molecule has 1 aromatic rings. The fourth-order valence-corrected chi connectivity index (χ4v) is 7.43. The molecule has 0 saturated carbocycles. The van der Waals surface area contributed by atoms with Crippen LogP contribution >= 0.6 is 0 Å². The molecule has 0 saturated heterocycles. The van der Waals surface area contributed by atoms with E-state index in [1.54, 1.807) is 0 Å². The molecule has 0 heterocycles. The Kier molecular flexibility index (Phi) is 5.20. The van der Waals surface area contributed by atoms with Crippen LogP contribution in [0.2, 0.25) is 39.3 Å². The van der Waals surface area contributed by atoms with E-state index in [9.17, 15) is 15.0 Å². The molecule has 0 spiro atoms. The van der Waals surface area contributed by atoms with E-state index >= 15 is 0 Å². The van der Waals surface area contributed by atoms with Crippen LogP contribution < -0.4 is 0 Å². The lowest BCUT2D eigenvalue weighted by Gasteiger charge is -2.24. The fraction of sp³-hybridized carbons (Fsp3) is 0.421. The van der Waals surface area contributed by atoms with Gasteiger partial charge < -0.3 is 10.2 Å². The van der Waals surface area contributed by atoms with Crippen LogP contribution in [0.3, 0.4) is 0 Å². The minimum atomic E-state index is -1.99. The third-order valence-electron chi connectivity index (χ3n) is 4.40. The van der Waals surface area contributed by atoms with E-state index in [2.05, 4.69) is 39.3 Å². The topological polar surface area (TPSA) is 57.5 Å². The van der Waals surface area contributed by atoms with Crippen LogP contribution in [0.25, 0.3) is 0 Å². The lowest BCUT2D eigenvalue weighted by atomic mass is 9.98. The van der Waals surface area contributed by atoms with Crippen molar-refractivity contribution in [2.75, 3.05) is 6.61 Å². The number of aliphatic hydroxyl groups is 2. The van der Waals surface area contributed by atoms with Crippen LogP contribution in [0.15, 0.2) is 51.9 Å². The Morgan fingerprint density at radius 3 is 1.83 bits per heavy atom. The summed E-state index contributed by atoms with van der Waals surface area (Å²) in [4.78, 5) is 13.2.